The van der Waals surface area contributed by atoms with Crippen molar-refractivity contribution in [3.05, 3.63) is 83.3 Å². The molecular weight excluding hydrogens is 419 g/mol. The van der Waals surface area contributed by atoms with Gasteiger partial charge in [0.05, 0.1) is 24.2 Å². The molecule has 0 bridgehead atoms. The average molecular weight is 436 g/mol. The summed E-state index contributed by atoms with van der Waals surface area (Å²) in [6.07, 6.45) is 6.14. The van der Waals surface area contributed by atoms with Gasteiger partial charge >= 0.3 is 0 Å². The summed E-state index contributed by atoms with van der Waals surface area (Å²) in [6.45, 7) is 0.0955. The van der Waals surface area contributed by atoms with Gasteiger partial charge in [-0.1, -0.05) is 23.4 Å². The molecule has 31 heavy (non-hydrogen) atoms. The first-order valence-electron chi connectivity index (χ1n) is 9.05. The highest BCUT2D eigenvalue weighted by Crippen LogP contribution is 2.23. The Bertz CT molecular complexity index is 1220. The van der Waals surface area contributed by atoms with Gasteiger partial charge in [0.2, 0.25) is 0 Å². The fourth-order valence-electron chi connectivity index (χ4n) is 2.58. The molecule has 11 heteroatoms. The summed E-state index contributed by atoms with van der Waals surface area (Å²) in [5.41, 5.74) is 14.2. The largest absolute Gasteiger partial charge is 0.396 e. The number of benzene rings is 1. The molecule has 0 aliphatic carbocycles. The van der Waals surface area contributed by atoms with Crippen molar-refractivity contribution < 1.29 is 8.91 Å². The zero-order chi connectivity index (χ0) is 21.6. The summed E-state index contributed by atoms with van der Waals surface area (Å²) in [4.78, 5) is 17.1. The van der Waals surface area contributed by atoms with E-state index in [0.29, 0.717) is 27.8 Å². The standard InChI is InChI=1S/C20H17FN8OS/c21-13-4-2-1-3-12(13)10-25-16(15-5-7-30-29-15)9-14(22)19-26-11-17(18(23)28-19)27-20-24-6-8-31-20/h1-9,11H,10,22H2,(H,24,27)(H2,23,26,28). The van der Waals surface area contributed by atoms with Crippen molar-refractivity contribution >= 4 is 39.4 Å². The van der Waals surface area contributed by atoms with Gasteiger partial charge < -0.3 is 21.3 Å². The first-order chi connectivity index (χ1) is 15.1. The van der Waals surface area contributed by atoms with E-state index in [1.807, 2.05) is 5.38 Å². The molecule has 156 valence electrons. The van der Waals surface area contributed by atoms with Gasteiger partial charge in [-0.05, 0) is 12.1 Å². The summed E-state index contributed by atoms with van der Waals surface area (Å²) in [7, 11) is 0. The number of allylic oxidation sites excluding steroid dienone is 1. The molecule has 0 radical (unpaired) electrons. The van der Waals surface area contributed by atoms with Crippen LogP contribution in [0.3, 0.4) is 0 Å². The van der Waals surface area contributed by atoms with E-state index in [-0.39, 0.29) is 29.7 Å². The van der Waals surface area contributed by atoms with Crippen LogP contribution in [0.25, 0.3) is 5.70 Å². The number of hydrogen-bond donors (Lipinski definition) is 3. The lowest BCUT2D eigenvalue weighted by Gasteiger charge is -2.08. The van der Waals surface area contributed by atoms with Crippen LogP contribution < -0.4 is 16.8 Å². The highest BCUT2D eigenvalue weighted by molar-refractivity contribution is 7.13. The smallest absolute Gasteiger partial charge is 0.187 e. The number of aromatic nitrogens is 4. The van der Waals surface area contributed by atoms with E-state index in [2.05, 4.69) is 30.4 Å². The van der Waals surface area contributed by atoms with E-state index in [1.165, 1.54) is 29.9 Å². The van der Waals surface area contributed by atoms with Crippen molar-refractivity contribution in [2.45, 2.75) is 6.54 Å². The number of rotatable bonds is 7. The van der Waals surface area contributed by atoms with Crippen LogP contribution in [0.15, 0.2) is 70.0 Å². The van der Waals surface area contributed by atoms with E-state index >= 15 is 0 Å². The number of anilines is 3. The summed E-state index contributed by atoms with van der Waals surface area (Å²) in [5.74, 6) is 0.0780. The lowest BCUT2D eigenvalue weighted by atomic mass is 10.2. The highest BCUT2D eigenvalue weighted by atomic mass is 32.1. The molecule has 0 unspecified atom stereocenters. The zero-order valence-electron chi connectivity index (χ0n) is 16.1. The Morgan fingerprint density at radius 3 is 2.84 bits per heavy atom. The van der Waals surface area contributed by atoms with Crippen LogP contribution in [0.2, 0.25) is 0 Å². The molecule has 0 saturated carbocycles. The van der Waals surface area contributed by atoms with E-state index in [1.54, 1.807) is 36.5 Å². The van der Waals surface area contributed by atoms with Crippen LogP contribution in [0.4, 0.5) is 21.0 Å². The quantitative estimate of drug-likeness (QED) is 0.374. The van der Waals surface area contributed by atoms with Gasteiger partial charge in [-0.2, -0.15) is 0 Å². The van der Waals surface area contributed by atoms with E-state index in [9.17, 15) is 4.39 Å². The Balaban J connectivity index is 1.60. The Kier molecular flexibility index (Phi) is 5.94. The van der Waals surface area contributed by atoms with Gasteiger partial charge in [0.25, 0.3) is 0 Å². The molecule has 5 N–H and O–H groups in total. The maximum atomic E-state index is 13.9. The van der Waals surface area contributed by atoms with Gasteiger partial charge in [0.1, 0.15) is 23.5 Å². The predicted molar refractivity (Wildman–Crippen MR) is 117 cm³/mol. The molecule has 0 amide bonds. The van der Waals surface area contributed by atoms with E-state index < -0.39 is 0 Å². The van der Waals surface area contributed by atoms with Crippen molar-refractivity contribution in [2.24, 2.45) is 10.7 Å². The van der Waals surface area contributed by atoms with Crippen LogP contribution >= 0.6 is 11.3 Å². The number of aliphatic imine (C=N–C) groups is 1. The van der Waals surface area contributed by atoms with Crippen LogP contribution in [0.5, 0.6) is 0 Å². The van der Waals surface area contributed by atoms with E-state index in [0.717, 1.165) is 0 Å². The lowest BCUT2D eigenvalue weighted by molar-refractivity contribution is 0.418. The molecule has 0 aliphatic heterocycles. The van der Waals surface area contributed by atoms with Crippen molar-refractivity contribution in [2.75, 3.05) is 11.1 Å². The molecule has 0 atom stereocenters. The second-order valence-electron chi connectivity index (χ2n) is 6.23. The number of nitrogens with zero attached hydrogens (tertiary/aromatic N) is 5. The number of thiazole rings is 1. The van der Waals surface area contributed by atoms with Crippen molar-refractivity contribution in [1.82, 2.24) is 20.1 Å². The first-order valence-corrected chi connectivity index (χ1v) is 9.93. The summed E-state index contributed by atoms with van der Waals surface area (Å²) < 4.78 is 18.8. The third-order valence-corrected chi connectivity index (χ3v) is 4.81. The Morgan fingerprint density at radius 2 is 2.13 bits per heavy atom. The molecule has 4 rings (SSSR count). The SMILES string of the molecule is NC(=CC(=NCc1ccccc1F)c1ccon1)c1ncc(Nc2nccs2)c(N)n1. The highest BCUT2D eigenvalue weighted by Gasteiger charge is 2.11. The molecular formula is C20H17FN8OS. The number of nitrogen functional groups attached to an aromatic ring is 1. The van der Waals surface area contributed by atoms with Crippen LogP contribution in [0.1, 0.15) is 17.1 Å². The monoisotopic (exact) mass is 436 g/mol. The summed E-state index contributed by atoms with van der Waals surface area (Å²) in [5, 5.41) is 9.43. The Morgan fingerprint density at radius 1 is 1.26 bits per heavy atom. The molecule has 3 aromatic heterocycles. The number of nitrogens with one attached hydrogen (secondary N) is 1. The van der Waals surface area contributed by atoms with Gasteiger partial charge in [0, 0.05) is 23.2 Å². The molecule has 3 heterocycles. The normalized spacial score (nSPS) is 12.2. The Hall–Kier alpha value is -4.12. The molecule has 0 spiro atoms. The fraction of sp³-hybridized carbons (Fsp3) is 0.0500. The minimum absolute atomic E-state index is 0.0955. The molecule has 0 fully saturated rings. The van der Waals surface area contributed by atoms with Crippen LogP contribution in [0, 0.1) is 5.82 Å². The molecule has 0 aliphatic rings. The van der Waals surface area contributed by atoms with Crippen LogP contribution in [-0.2, 0) is 6.54 Å². The predicted octanol–water partition coefficient (Wildman–Crippen LogP) is 3.38. The number of nitrogens with two attached hydrogens (primary N) is 2. The maximum Gasteiger partial charge on any atom is 0.187 e. The van der Waals surface area contributed by atoms with Gasteiger partial charge in [-0.25, -0.2) is 19.3 Å². The molecule has 0 saturated heterocycles. The second kappa shape index (κ2) is 9.13. The number of hydrogen-bond acceptors (Lipinski definition) is 10. The zero-order valence-corrected chi connectivity index (χ0v) is 16.9. The summed E-state index contributed by atoms with van der Waals surface area (Å²) in [6, 6.07) is 8.02. The van der Waals surface area contributed by atoms with Crippen molar-refractivity contribution in [3.63, 3.8) is 0 Å². The third-order valence-electron chi connectivity index (χ3n) is 4.12. The average Bonchev–Trinajstić information content (AvgIpc) is 3.48. The lowest BCUT2D eigenvalue weighted by Crippen LogP contribution is -2.10. The van der Waals surface area contributed by atoms with Gasteiger partial charge in [-0.15, -0.1) is 11.3 Å². The van der Waals surface area contributed by atoms with Crippen molar-refractivity contribution in [1.29, 1.82) is 0 Å². The molecule has 1 aromatic carbocycles. The molecule has 4 aromatic rings. The van der Waals surface area contributed by atoms with E-state index in [4.69, 9.17) is 16.0 Å². The minimum Gasteiger partial charge on any atom is -0.396 e. The van der Waals surface area contributed by atoms with Gasteiger partial charge in [-0.3, -0.25) is 4.99 Å². The topological polar surface area (TPSA) is 141 Å². The maximum absolute atomic E-state index is 13.9. The summed E-state index contributed by atoms with van der Waals surface area (Å²) >= 11 is 1.42. The number of halogens is 1. The second-order valence-corrected chi connectivity index (χ2v) is 7.13. The Labute approximate surface area is 180 Å². The third kappa shape index (κ3) is 4.90. The minimum atomic E-state index is -0.345. The van der Waals surface area contributed by atoms with Crippen LogP contribution in [-0.4, -0.2) is 25.8 Å². The first kappa shape index (κ1) is 20.2. The fourth-order valence-corrected chi connectivity index (χ4v) is 3.13. The van der Waals surface area contributed by atoms with Crippen molar-refractivity contribution in [3.8, 4) is 0 Å². The van der Waals surface area contributed by atoms with Gasteiger partial charge in [0.15, 0.2) is 16.8 Å². The molecule has 9 nitrogen and oxygen atoms in total.